The van der Waals surface area contributed by atoms with Crippen LogP contribution in [0.3, 0.4) is 0 Å². The zero-order chi connectivity index (χ0) is 11.8. The van der Waals surface area contributed by atoms with E-state index in [0.717, 1.165) is 11.5 Å². The van der Waals surface area contributed by atoms with E-state index in [1.54, 1.807) is 7.11 Å². The molecule has 0 aliphatic rings. The van der Waals surface area contributed by atoms with E-state index in [2.05, 4.69) is 5.32 Å². The summed E-state index contributed by atoms with van der Waals surface area (Å²) in [5.74, 6) is 1.64. The van der Waals surface area contributed by atoms with E-state index >= 15 is 0 Å². The SMILES string of the molecule is COc1ccc(OCCNC(C)CO)cc1. The van der Waals surface area contributed by atoms with Crippen LogP contribution in [0.2, 0.25) is 0 Å². The minimum atomic E-state index is 0.111. The normalized spacial score (nSPS) is 12.2. The Bertz CT molecular complexity index is 287. The van der Waals surface area contributed by atoms with Crippen LogP contribution in [-0.4, -0.2) is 38.0 Å². The minimum absolute atomic E-state index is 0.111. The maximum atomic E-state index is 8.79. The third-order valence-corrected chi connectivity index (χ3v) is 2.20. The van der Waals surface area contributed by atoms with Gasteiger partial charge in [0.1, 0.15) is 18.1 Å². The highest BCUT2D eigenvalue weighted by Gasteiger charge is 1.98. The summed E-state index contributed by atoms with van der Waals surface area (Å²) in [6.45, 7) is 3.36. The van der Waals surface area contributed by atoms with Crippen LogP contribution in [0.5, 0.6) is 11.5 Å². The number of hydrogen-bond donors (Lipinski definition) is 2. The van der Waals surface area contributed by atoms with E-state index in [1.165, 1.54) is 0 Å². The molecule has 0 spiro atoms. The first-order valence-electron chi connectivity index (χ1n) is 5.37. The molecule has 1 atom stereocenters. The van der Waals surface area contributed by atoms with Crippen LogP contribution in [0.4, 0.5) is 0 Å². The summed E-state index contributed by atoms with van der Waals surface area (Å²) in [4.78, 5) is 0. The van der Waals surface area contributed by atoms with Crippen LogP contribution in [-0.2, 0) is 0 Å². The number of methoxy groups -OCH3 is 1. The Labute approximate surface area is 96.2 Å². The fraction of sp³-hybridized carbons (Fsp3) is 0.500. The topological polar surface area (TPSA) is 50.7 Å². The van der Waals surface area contributed by atoms with Crippen molar-refractivity contribution in [2.45, 2.75) is 13.0 Å². The number of aliphatic hydroxyl groups is 1. The number of hydrogen-bond acceptors (Lipinski definition) is 4. The van der Waals surface area contributed by atoms with Gasteiger partial charge in [0.25, 0.3) is 0 Å². The molecule has 0 fully saturated rings. The number of rotatable bonds is 7. The molecule has 0 aliphatic carbocycles. The number of benzene rings is 1. The summed E-state index contributed by atoms with van der Waals surface area (Å²) in [6, 6.07) is 7.57. The van der Waals surface area contributed by atoms with Crippen LogP contribution in [0.25, 0.3) is 0 Å². The lowest BCUT2D eigenvalue weighted by molar-refractivity contribution is 0.239. The van der Waals surface area contributed by atoms with Gasteiger partial charge < -0.3 is 19.9 Å². The lowest BCUT2D eigenvalue weighted by Crippen LogP contribution is -2.32. The average Bonchev–Trinajstić information content (AvgIpc) is 2.35. The molecular weight excluding hydrogens is 206 g/mol. The first-order chi connectivity index (χ1) is 7.76. The minimum Gasteiger partial charge on any atom is -0.497 e. The Morgan fingerprint density at radius 2 is 1.88 bits per heavy atom. The van der Waals surface area contributed by atoms with Crippen LogP contribution >= 0.6 is 0 Å². The summed E-state index contributed by atoms with van der Waals surface area (Å²) >= 11 is 0. The van der Waals surface area contributed by atoms with Gasteiger partial charge in [0.15, 0.2) is 0 Å². The Hall–Kier alpha value is -1.26. The summed E-state index contributed by atoms with van der Waals surface area (Å²) in [5, 5.41) is 11.9. The second kappa shape index (κ2) is 7.09. The quantitative estimate of drug-likeness (QED) is 0.681. The molecule has 4 nitrogen and oxygen atoms in total. The van der Waals surface area contributed by atoms with E-state index in [1.807, 2.05) is 31.2 Å². The molecule has 1 aromatic carbocycles. The van der Waals surface area contributed by atoms with Gasteiger partial charge in [-0.15, -0.1) is 0 Å². The van der Waals surface area contributed by atoms with Crippen molar-refractivity contribution in [1.82, 2.24) is 5.32 Å². The Morgan fingerprint density at radius 1 is 1.25 bits per heavy atom. The van der Waals surface area contributed by atoms with Crippen molar-refractivity contribution < 1.29 is 14.6 Å². The molecule has 0 bridgehead atoms. The van der Waals surface area contributed by atoms with Crippen molar-refractivity contribution in [2.24, 2.45) is 0 Å². The molecule has 16 heavy (non-hydrogen) atoms. The maximum Gasteiger partial charge on any atom is 0.119 e. The zero-order valence-corrected chi connectivity index (χ0v) is 9.77. The number of aliphatic hydroxyl groups excluding tert-OH is 1. The second-order valence-corrected chi connectivity index (χ2v) is 3.56. The highest BCUT2D eigenvalue weighted by molar-refractivity contribution is 5.31. The highest BCUT2D eigenvalue weighted by atomic mass is 16.5. The van der Waals surface area contributed by atoms with Crippen molar-refractivity contribution in [1.29, 1.82) is 0 Å². The molecule has 0 aromatic heterocycles. The molecule has 0 heterocycles. The maximum absolute atomic E-state index is 8.79. The van der Waals surface area contributed by atoms with Gasteiger partial charge in [-0.2, -0.15) is 0 Å². The van der Waals surface area contributed by atoms with Crippen LogP contribution in [0.1, 0.15) is 6.92 Å². The lowest BCUT2D eigenvalue weighted by atomic mass is 10.3. The summed E-state index contributed by atoms with van der Waals surface area (Å²) in [7, 11) is 1.63. The van der Waals surface area contributed by atoms with Gasteiger partial charge in [-0.1, -0.05) is 0 Å². The van der Waals surface area contributed by atoms with Gasteiger partial charge in [0.05, 0.1) is 13.7 Å². The summed E-state index contributed by atoms with van der Waals surface area (Å²) in [6.07, 6.45) is 0. The van der Waals surface area contributed by atoms with Crippen LogP contribution in [0.15, 0.2) is 24.3 Å². The van der Waals surface area contributed by atoms with Gasteiger partial charge in [-0.25, -0.2) is 0 Å². The Morgan fingerprint density at radius 3 is 2.44 bits per heavy atom. The predicted octanol–water partition coefficient (Wildman–Crippen LogP) is 1.04. The second-order valence-electron chi connectivity index (χ2n) is 3.56. The molecule has 0 saturated carbocycles. The van der Waals surface area contributed by atoms with Gasteiger partial charge in [-0.05, 0) is 31.2 Å². The third-order valence-electron chi connectivity index (χ3n) is 2.20. The first-order valence-corrected chi connectivity index (χ1v) is 5.37. The fourth-order valence-corrected chi connectivity index (χ4v) is 1.21. The summed E-state index contributed by atoms with van der Waals surface area (Å²) < 4.78 is 10.5. The largest absolute Gasteiger partial charge is 0.497 e. The number of nitrogens with one attached hydrogen (secondary N) is 1. The fourth-order valence-electron chi connectivity index (χ4n) is 1.21. The van der Waals surface area contributed by atoms with Crippen molar-refractivity contribution >= 4 is 0 Å². The Balaban J connectivity index is 2.21. The molecule has 0 radical (unpaired) electrons. The third kappa shape index (κ3) is 4.51. The van der Waals surface area contributed by atoms with Crippen molar-refractivity contribution in [3.8, 4) is 11.5 Å². The van der Waals surface area contributed by atoms with Crippen molar-refractivity contribution in [3.05, 3.63) is 24.3 Å². The highest BCUT2D eigenvalue weighted by Crippen LogP contribution is 2.16. The molecular formula is C12H19NO3. The Kier molecular flexibility index (Phi) is 5.67. The molecule has 90 valence electrons. The van der Waals surface area contributed by atoms with Crippen LogP contribution < -0.4 is 14.8 Å². The molecule has 1 unspecified atom stereocenters. The van der Waals surface area contributed by atoms with E-state index in [4.69, 9.17) is 14.6 Å². The van der Waals surface area contributed by atoms with Crippen molar-refractivity contribution in [2.75, 3.05) is 26.9 Å². The molecule has 1 rings (SSSR count). The van der Waals surface area contributed by atoms with E-state index < -0.39 is 0 Å². The molecule has 2 N–H and O–H groups in total. The average molecular weight is 225 g/mol. The van der Waals surface area contributed by atoms with E-state index in [-0.39, 0.29) is 12.6 Å². The van der Waals surface area contributed by atoms with Gasteiger partial charge >= 0.3 is 0 Å². The zero-order valence-electron chi connectivity index (χ0n) is 9.77. The smallest absolute Gasteiger partial charge is 0.119 e. The predicted molar refractivity (Wildman–Crippen MR) is 63.0 cm³/mol. The van der Waals surface area contributed by atoms with Crippen molar-refractivity contribution in [3.63, 3.8) is 0 Å². The van der Waals surface area contributed by atoms with Gasteiger partial charge in [0.2, 0.25) is 0 Å². The first kappa shape index (κ1) is 12.8. The molecule has 0 amide bonds. The molecule has 0 saturated heterocycles. The summed E-state index contributed by atoms with van der Waals surface area (Å²) in [5.41, 5.74) is 0. The van der Waals surface area contributed by atoms with Gasteiger partial charge in [-0.3, -0.25) is 0 Å². The van der Waals surface area contributed by atoms with Crippen LogP contribution in [0, 0.1) is 0 Å². The molecule has 0 aliphatic heterocycles. The van der Waals surface area contributed by atoms with Gasteiger partial charge in [0, 0.05) is 12.6 Å². The lowest BCUT2D eigenvalue weighted by Gasteiger charge is -2.11. The molecule has 1 aromatic rings. The van der Waals surface area contributed by atoms with E-state index in [0.29, 0.717) is 13.2 Å². The molecule has 4 heteroatoms. The number of ether oxygens (including phenoxy) is 2. The standard InChI is InChI=1S/C12H19NO3/c1-10(9-14)13-7-8-16-12-5-3-11(15-2)4-6-12/h3-6,10,13-14H,7-9H2,1-2H3. The monoisotopic (exact) mass is 225 g/mol. The van der Waals surface area contributed by atoms with E-state index in [9.17, 15) is 0 Å².